The summed E-state index contributed by atoms with van der Waals surface area (Å²) in [6, 6.07) is 8.83. The van der Waals surface area contributed by atoms with Gasteiger partial charge in [-0.15, -0.1) is 0 Å². The summed E-state index contributed by atoms with van der Waals surface area (Å²) in [7, 11) is 0. The number of rotatable bonds is 4. The van der Waals surface area contributed by atoms with E-state index in [0.29, 0.717) is 12.5 Å². The van der Waals surface area contributed by atoms with Crippen LogP contribution < -0.4 is 4.74 Å². The Morgan fingerprint density at radius 1 is 1.12 bits per heavy atom. The molecule has 0 saturated carbocycles. The fraction of sp³-hybridized carbons (Fsp3) is 0.429. The lowest BCUT2D eigenvalue weighted by atomic mass is 9.86. The van der Waals surface area contributed by atoms with Gasteiger partial charge in [-0.05, 0) is 35.0 Å². The molecule has 1 aliphatic carbocycles. The molecule has 0 saturated heterocycles. The highest BCUT2D eigenvalue weighted by molar-refractivity contribution is 5.56. The highest BCUT2D eigenvalue weighted by Gasteiger charge is 2.20. The zero-order valence-corrected chi connectivity index (χ0v) is 15.0. The summed E-state index contributed by atoms with van der Waals surface area (Å²) in [5.41, 5.74) is 4.98. The van der Waals surface area contributed by atoms with Gasteiger partial charge in [-0.25, -0.2) is 9.97 Å². The third kappa shape index (κ3) is 3.66. The van der Waals surface area contributed by atoms with Gasteiger partial charge in [-0.1, -0.05) is 58.0 Å². The highest BCUT2D eigenvalue weighted by atomic mass is 16.5. The van der Waals surface area contributed by atoms with Gasteiger partial charge >= 0.3 is 0 Å². The number of hydrogen-bond donors (Lipinski definition) is 0. The molecule has 1 aromatic carbocycles. The van der Waals surface area contributed by atoms with E-state index in [0.717, 1.165) is 30.0 Å². The average Bonchev–Trinajstić information content (AvgIpc) is 2.55. The molecular weight excluding hydrogens is 296 g/mol. The van der Waals surface area contributed by atoms with E-state index in [2.05, 4.69) is 74.1 Å². The molecule has 1 unspecified atom stereocenters. The van der Waals surface area contributed by atoms with Gasteiger partial charge in [-0.3, -0.25) is 0 Å². The van der Waals surface area contributed by atoms with Crippen molar-refractivity contribution in [2.24, 2.45) is 0 Å². The third-order valence-corrected chi connectivity index (χ3v) is 4.59. The van der Waals surface area contributed by atoms with Crippen LogP contribution in [0, 0.1) is 0 Å². The molecule has 3 rings (SSSR count). The molecule has 0 fully saturated rings. The summed E-state index contributed by atoms with van der Waals surface area (Å²) in [6.45, 7) is 9.54. The van der Waals surface area contributed by atoms with Crippen molar-refractivity contribution >= 4 is 6.08 Å². The lowest BCUT2D eigenvalue weighted by molar-refractivity contribution is 0.303. The Morgan fingerprint density at radius 3 is 2.58 bits per heavy atom. The predicted molar refractivity (Wildman–Crippen MR) is 98.4 cm³/mol. The molecule has 1 aromatic heterocycles. The summed E-state index contributed by atoms with van der Waals surface area (Å²) in [5, 5.41) is 0. The van der Waals surface area contributed by atoms with Crippen LogP contribution in [0.25, 0.3) is 6.08 Å². The van der Waals surface area contributed by atoms with Crippen LogP contribution in [0.15, 0.2) is 36.7 Å². The Bertz CT molecular complexity index is 726. The highest BCUT2D eigenvalue weighted by Crippen LogP contribution is 2.33. The van der Waals surface area contributed by atoms with Gasteiger partial charge in [0.15, 0.2) is 0 Å². The monoisotopic (exact) mass is 322 g/mol. The number of fused-ring (bicyclic) bond motifs is 1. The smallest absolute Gasteiger partial charge is 0.220 e. The first-order valence-electron chi connectivity index (χ1n) is 8.69. The minimum absolute atomic E-state index is 0.193. The first kappa shape index (κ1) is 16.7. The van der Waals surface area contributed by atoms with Gasteiger partial charge < -0.3 is 4.74 Å². The predicted octanol–water partition coefficient (Wildman–Crippen LogP) is 4.92. The number of allylic oxidation sites excluding steroid dienone is 1. The number of nitrogens with zero attached hydrogens (tertiary/aromatic N) is 2. The Hall–Kier alpha value is -2.16. The van der Waals surface area contributed by atoms with E-state index < -0.39 is 0 Å². The van der Waals surface area contributed by atoms with Crippen molar-refractivity contribution in [2.75, 3.05) is 6.61 Å². The molecule has 2 aromatic rings. The summed E-state index contributed by atoms with van der Waals surface area (Å²) >= 11 is 0. The molecular formula is C21H26N2O. The summed E-state index contributed by atoms with van der Waals surface area (Å²) < 4.78 is 5.99. The topological polar surface area (TPSA) is 35.0 Å². The second-order valence-corrected chi connectivity index (χ2v) is 7.56. The normalized spacial score (nSPS) is 16.8. The van der Waals surface area contributed by atoms with Crippen LogP contribution in [-0.4, -0.2) is 16.6 Å². The lowest BCUT2D eigenvalue weighted by Crippen LogP contribution is -2.12. The van der Waals surface area contributed by atoms with E-state index in [1.54, 1.807) is 6.33 Å². The number of hydrogen-bond acceptors (Lipinski definition) is 3. The minimum Gasteiger partial charge on any atom is -0.477 e. The van der Waals surface area contributed by atoms with Gasteiger partial charge in [0, 0.05) is 12.0 Å². The first-order valence-corrected chi connectivity index (χ1v) is 8.69. The molecule has 1 heterocycles. The molecule has 0 radical (unpaired) electrons. The molecule has 0 aliphatic heterocycles. The molecule has 0 N–H and O–H groups in total. The Labute approximate surface area is 144 Å². The van der Waals surface area contributed by atoms with E-state index in [4.69, 9.17) is 4.74 Å². The maximum absolute atomic E-state index is 5.99. The van der Waals surface area contributed by atoms with E-state index in [-0.39, 0.29) is 5.41 Å². The van der Waals surface area contributed by atoms with Crippen molar-refractivity contribution in [3.05, 3.63) is 59.1 Å². The van der Waals surface area contributed by atoms with Gasteiger partial charge in [-0.2, -0.15) is 0 Å². The van der Waals surface area contributed by atoms with Crippen molar-refractivity contribution in [3.63, 3.8) is 0 Å². The van der Waals surface area contributed by atoms with Gasteiger partial charge in [0.05, 0.1) is 12.3 Å². The van der Waals surface area contributed by atoms with Crippen molar-refractivity contribution in [2.45, 2.75) is 51.9 Å². The Kier molecular flexibility index (Phi) is 4.70. The average molecular weight is 322 g/mol. The van der Waals surface area contributed by atoms with Crippen molar-refractivity contribution < 1.29 is 4.74 Å². The van der Waals surface area contributed by atoms with Crippen LogP contribution in [0.3, 0.4) is 0 Å². The van der Waals surface area contributed by atoms with Crippen molar-refractivity contribution in [1.29, 1.82) is 0 Å². The van der Waals surface area contributed by atoms with Gasteiger partial charge in [0.25, 0.3) is 0 Å². The second-order valence-electron chi connectivity index (χ2n) is 7.56. The van der Waals surface area contributed by atoms with Crippen molar-refractivity contribution in [1.82, 2.24) is 9.97 Å². The summed E-state index contributed by atoms with van der Waals surface area (Å²) in [6.07, 6.45) is 7.72. The van der Waals surface area contributed by atoms with Crippen LogP contribution >= 0.6 is 0 Å². The van der Waals surface area contributed by atoms with Crippen molar-refractivity contribution in [3.8, 4) is 5.88 Å². The van der Waals surface area contributed by atoms with Gasteiger partial charge in [0.2, 0.25) is 5.88 Å². The Balaban J connectivity index is 1.64. The largest absolute Gasteiger partial charge is 0.477 e. The molecule has 0 bridgehead atoms. The van der Waals surface area contributed by atoms with Crippen LogP contribution in [-0.2, 0) is 11.8 Å². The molecule has 3 heteroatoms. The van der Waals surface area contributed by atoms with E-state index >= 15 is 0 Å². The van der Waals surface area contributed by atoms with E-state index in [1.807, 2.05) is 0 Å². The second kappa shape index (κ2) is 6.76. The molecule has 3 nitrogen and oxygen atoms in total. The Morgan fingerprint density at radius 2 is 1.88 bits per heavy atom. The summed E-state index contributed by atoms with van der Waals surface area (Å²) in [5.74, 6) is 1.15. The quantitative estimate of drug-likeness (QED) is 0.801. The molecule has 126 valence electrons. The maximum atomic E-state index is 5.99. The molecule has 1 aliphatic rings. The molecule has 24 heavy (non-hydrogen) atoms. The molecule has 0 spiro atoms. The van der Waals surface area contributed by atoms with Crippen LogP contribution in [0.1, 0.15) is 62.4 Å². The fourth-order valence-corrected chi connectivity index (χ4v) is 3.04. The lowest BCUT2D eigenvalue weighted by Gasteiger charge is -2.20. The van der Waals surface area contributed by atoms with Crippen LogP contribution in [0.5, 0.6) is 5.88 Å². The summed E-state index contributed by atoms with van der Waals surface area (Å²) in [4.78, 5) is 8.70. The van der Waals surface area contributed by atoms with Gasteiger partial charge in [0.1, 0.15) is 6.33 Å². The fourth-order valence-electron chi connectivity index (χ4n) is 3.04. The number of aromatic nitrogens is 2. The molecule has 0 amide bonds. The zero-order chi connectivity index (χ0) is 17.2. The van der Waals surface area contributed by atoms with E-state index in [9.17, 15) is 0 Å². The maximum Gasteiger partial charge on any atom is 0.220 e. The van der Waals surface area contributed by atoms with Crippen LogP contribution in [0.4, 0.5) is 0 Å². The molecule has 1 atom stereocenters. The number of ether oxygens (including phenoxy) is 1. The minimum atomic E-state index is 0.193. The SMILES string of the molecule is CC1CC=Cc2ncnc(OCCc3ccc(C(C)(C)C)cc3)c21. The van der Waals surface area contributed by atoms with E-state index in [1.165, 1.54) is 11.1 Å². The van der Waals surface area contributed by atoms with Crippen LogP contribution in [0.2, 0.25) is 0 Å². The number of benzene rings is 1. The third-order valence-electron chi connectivity index (χ3n) is 4.59. The standard InChI is InChI=1S/C21H26N2O/c1-15-6-5-7-18-19(15)20(23-14-22-18)24-13-12-16-8-10-17(11-9-16)21(2,3)4/h5,7-11,14-15H,6,12-13H2,1-4H3. The zero-order valence-electron chi connectivity index (χ0n) is 15.0. The first-order chi connectivity index (χ1) is 11.4.